The molecular formula is C13H20N2O4S. The van der Waals surface area contributed by atoms with Gasteiger partial charge in [-0.15, -0.1) is 0 Å². The number of nitrogens with one attached hydrogen (secondary N) is 2. The van der Waals surface area contributed by atoms with E-state index in [2.05, 4.69) is 10.2 Å². The summed E-state index contributed by atoms with van der Waals surface area (Å²) in [6.07, 6.45) is 0. The van der Waals surface area contributed by atoms with Gasteiger partial charge in [0.05, 0.1) is 11.5 Å². The summed E-state index contributed by atoms with van der Waals surface area (Å²) >= 11 is 0. The van der Waals surface area contributed by atoms with E-state index in [4.69, 9.17) is 4.84 Å². The smallest absolute Gasteiger partial charge is 0.262 e. The number of carbonyl (C=O) groups is 1. The normalized spacial score (nSPS) is 11.7. The Kier molecular flexibility index (Phi) is 5.67. The molecule has 0 aliphatic rings. The molecule has 1 rings (SSSR count). The molecule has 0 saturated heterocycles. The first-order valence-electron chi connectivity index (χ1n) is 6.24. The zero-order valence-corrected chi connectivity index (χ0v) is 12.9. The van der Waals surface area contributed by atoms with Gasteiger partial charge in [-0.2, -0.15) is 0 Å². The van der Waals surface area contributed by atoms with Gasteiger partial charge in [0.25, 0.3) is 10.0 Å². The molecule has 1 aromatic carbocycles. The summed E-state index contributed by atoms with van der Waals surface area (Å²) in [5.41, 5.74) is 0.993. The second kappa shape index (κ2) is 6.83. The van der Waals surface area contributed by atoms with Crippen LogP contribution in [0.5, 0.6) is 0 Å². The van der Waals surface area contributed by atoms with Crippen LogP contribution in [0.3, 0.4) is 0 Å². The molecule has 0 aromatic heterocycles. The first-order chi connectivity index (χ1) is 9.22. The van der Waals surface area contributed by atoms with Crippen LogP contribution in [0.15, 0.2) is 23.1 Å². The van der Waals surface area contributed by atoms with E-state index in [9.17, 15) is 13.2 Å². The molecule has 0 radical (unpaired) electrons. The standard InChI is InChI=1S/C13H20N2O4S/c1-9(2)8-19-15-20(17,18)13-7-12(14-11(4)16)6-5-10(13)3/h5-7,9,15H,8H2,1-4H3,(H,14,16). The maximum Gasteiger partial charge on any atom is 0.262 e. The lowest BCUT2D eigenvalue weighted by atomic mass is 10.2. The molecule has 0 spiro atoms. The number of sulfonamides is 1. The highest BCUT2D eigenvalue weighted by Gasteiger charge is 2.18. The number of anilines is 1. The van der Waals surface area contributed by atoms with Crippen molar-refractivity contribution in [3.05, 3.63) is 23.8 Å². The number of hydrogen-bond acceptors (Lipinski definition) is 4. The Bertz CT molecular complexity index is 582. The average Bonchev–Trinajstić information content (AvgIpc) is 2.30. The van der Waals surface area contributed by atoms with Crippen molar-refractivity contribution in [2.75, 3.05) is 11.9 Å². The molecule has 0 atom stereocenters. The Balaban J connectivity index is 2.95. The largest absolute Gasteiger partial charge is 0.326 e. The van der Waals surface area contributed by atoms with Gasteiger partial charge in [0, 0.05) is 12.6 Å². The van der Waals surface area contributed by atoms with Gasteiger partial charge in [0.1, 0.15) is 0 Å². The van der Waals surface area contributed by atoms with Gasteiger partial charge in [0.15, 0.2) is 0 Å². The lowest BCUT2D eigenvalue weighted by Crippen LogP contribution is -2.26. The van der Waals surface area contributed by atoms with E-state index in [1.165, 1.54) is 13.0 Å². The van der Waals surface area contributed by atoms with Gasteiger partial charge >= 0.3 is 0 Å². The van der Waals surface area contributed by atoms with Crippen molar-refractivity contribution < 1.29 is 18.0 Å². The van der Waals surface area contributed by atoms with E-state index < -0.39 is 10.0 Å². The maximum atomic E-state index is 12.1. The van der Waals surface area contributed by atoms with Gasteiger partial charge in [-0.3, -0.25) is 9.63 Å². The Morgan fingerprint density at radius 3 is 2.55 bits per heavy atom. The molecule has 1 amide bonds. The van der Waals surface area contributed by atoms with E-state index in [0.29, 0.717) is 11.3 Å². The molecule has 0 fully saturated rings. The first-order valence-corrected chi connectivity index (χ1v) is 7.72. The Morgan fingerprint density at radius 1 is 1.35 bits per heavy atom. The number of aryl methyl sites for hydroxylation is 1. The third-order valence-electron chi connectivity index (χ3n) is 2.38. The predicted molar refractivity (Wildman–Crippen MR) is 76.6 cm³/mol. The minimum Gasteiger partial charge on any atom is -0.326 e. The van der Waals surface area contributed by atoms with Gasteiger partial charge in [-0.25, -0.2) is 8.42 Å². The quantitative estimate of drug-likeness (QED) is 0.785. The molecule has 20 heavy (non-hydrogen) atoms. The molecule has 0 saturated carbocycles. The molecule has 112 valence electrons. The molecule has 2 N–H and O–H groups in total. The average molecular weight is 300 g/mol. The van der Waals surface area contributed by atoms with Crippen molar-refractivity contribution >= 4 is 21.6 Å². The highest BCUT2D eigenvalue weighted by atomic mass is 32.2. The molecule has 7 heteroatoms. The topological polar surface area (TPSA) is 84.5 Å². The van der Waals surface area contributed by atoms with Gasteiger partial charge < -0.3 is 5.32 Å². The predicted octanol–water partition coefficient (Wildman–Crippen LogP) is 1.82. The molecular weight excluding hydrogens is 280 g/mol. The number of benzene rings is 1. The van der Waals surface area contributed by atoms with Crippen LogP contribution in [0, 0.1) is 12.8 Å². The van der Waals surface area contributed by atoms with Crippen molar-refractivity contribution in [1.82, 2.24) is 4.89 Å². The van der Waals surface area contributed by atoms with Crippen molar-refractivity contribution in [3.8, 4) is 0 Å². The minimum absolute atomic E-state index is 0.0764. The summed E-state index contributed by atoms with van der Waals surface area (Å²) in [4.78, 5) is 18.1. The second-order valence-electron chi connectivity index (χ2n) is 4.95. The molecule has 0 aliphatic carbocycles. The van der Waals surface area contributed by atoms with Crippen LogP contribution in [0.2, 0.25) is 0 Å². The van der Waals surface area contributed by atoms with Crippen LogP contribution in [-0.4, -0.2) is 20.9 Å². The molecule has 0 aliphatic heterocycles. The zero-order chi connectivity index (χ0) is 15.3. The van der Waals surface area contributed by atoms with Crippen molar-refractivity contribution in [2.45, 2.75) is 32.6 Å². The summed E-state index contributed by atoms with van der Waals surface area (Å²) in [5, 5.41) is 2.55. The Hall–Kier alpha value is -1.44. The van der Waals surface area contributed by atoms with Crippen LogP contribution >= 0.6 is 0 Å². The van der Waals surface area contributed by atoms with Gasteiger partial charge in [0.2, 0.25) is 5.91 Å². The van der Waals surface area contributed by atoms with Crippen molar-refractivity contribution in [1.29, 1.82) is 0 Å². The molecule has 0 unspecified atom stereocenters. The molecule has 0 bridgehead atoms. The maximum absolute atomic E-state index is 12.1. The summed E-state index contributed by atoms with van der Waals surface area (Å²) < 4.78 is 24.2. The monoisotopic (exact) mass is 300 g/mol. The number of hydrogen-bond donors (Lipinski definition) is 2. The van der Waals surface area contributed by atoms with Gasteiger partial charge in [-0.1, -0.05) is 24.8 Å². The minimum atomic E-state index is -3.77. The lowest BCUT2D eigenvalue weighted by molar-refractivity contribution is -0.114. The summed E-state index contributed by atoms with van der Waals surface area (Å²) in [6.45, 7) is 7.14. The summed E-state index contributed by atoms with van der Waals surface area (Å²) in [6, 6.07) is 4.67. The fraction of sp³-hybridized carbons (Fsp3) is 0.462. The lowest BCUT2D eigenvalue weighted by Gasteiger charge is -2.12. The SMILES string of the molecule is CC(=O)Nc1ccc(C)c(S(=O)(=O)NOCC(C)C)c1. The van der Waals surface area contributed by atoms with Crippen LogP contribution in [0.4, 0.5) is 5.69 Å². The number of carbonyl (C=O) groups excluding carboxylic acids is 1. The first kappa shape index (κ1) is 16.6. The van der Waals surface area contributed by atoms with Crippen LogP contribution < -0.4 is 10.2 Å². The van der Waals surface area contributed by atoms with E-state index >= 15 is 0 Å². The van der Waals surface area contributed by atoms with E-state index in [0.717, 1.165) is 0 Å². The number of rotatable bonds is 6. The summed E-state index contributed by atoms with van der Waals surface area (Å²) in [5.74, 6) is -0.0503. The fourth-order valence-electron chi connectivity index (χ4n) is 1.49. The third-order valence-corrected chi connectivity index (χ3v) is 3.74. The Morgan fingerprint density at radius 2 is 2.00 bits per heavy atom. The zero-order valence-electron chi connectivity index (χ0n) is 12.1. The molecule has 0 heterocycles. The van der Waals surface area contributed by atoms with Crippen molar-refractivity contribution in [3.63, 3.8) is 0 Å². The molecule has 6 nitrogen and oxygen atoms in total. The van der Waals surface area contributed by atoms with Gasteiger partial charge in [-0.05, 0) is 30.5 Å². The second-order valence-corrected chi connectivity index (χ2v) is 6.57. The summed E-state index contributed by atoms with van der Waals surface area (Å²) in [7, 11) is -3.77. The van der Waals surface area contributed by atoms with E-state index in [-0.39, 0.29) is 23.3 Å². The van der Waals surface area contributed by atoms with Crippen LogP contribution in [0.1, 0.15) is 26.3 Å². The number of amides is 1. The highest BCUT2D eigenvalue weighted by molar-refractivity contribution is 7.89. The van der Waals surface area contributed by atoms with E-state index in [1.54, 1.807) is 19.1 Å². The Labute approximate surface area is 119 Å². The third kappa shape index (κ3) is 4.92. The molecule has 1 aromatic rings. The van der Waals surface area contributed by atoms with Crippen LogP contribution in [0.25, 0.3) is 0 Å². The fourth-order valence-corrected chi connectivity index (χ4v) is 2.58. The van der Waals surface area contributed by atoms with Crippen LogP contribution in [-0.2, 0) is 19.7 Å². The van der Waals surface area contributed by atoms with Crippen molar-refractivity contribution in [2.24, 2.45) is 5.92 Å². The van der Waals surface area contributed by atoms with E-state index in [1.807, 2.05) is 13.8 Å². The highest BCUT2D eigenvalue weighted by Crippen LogP contribution is 2.20.